The van der Waals surface area contributed by atoms with E-state index in [1.54, 1.807) is 19.2 Å². The first-order chi connectivity index (χ1) is 8.58. The maximum absolute atomic E-state index is 10.9. The summed E-state index contributed by atoms with van der Waals surface area (Å²) in [4.78, 5) is 10.9. The quantitative estimate of drug-likeness (QED) is 0.805. The van der Waals surface area contributed by atoms with Gasteiger partial charge in [0.2, 0.25) is 0 Å². The lowest BCUT2D eigenvalue weighted by molar-refractivity contribution is -0.000188. The number of aromatic carboxylic acids is 1. The van der Waals surface area contributed by atoms with Crippen molar-refractivity contribution in [3.8, 4) is 5.75 Å². The maximum atomic E-state index is 10.9. The Bertz CT molecular complexity index is 402. The molecule has 0 aromatic heterocycles. The van der Waals surface area contributed by atoms with E-state index in [2.05, 4.69) is 0 Å². The Morgan fingerprint density at radius 2 is 2.11 bits per heavy atom. The average molecular weight is 254 g/mol. The van der Waals surface area contributed by atoms with Gasteiger partial charge in [0.1, 0.15) is 11.3 Å². The molecule has 1 aromatic rings. The number of carboxylic acids is 1. The molecular formula is C13H18O5. The van der Waals surface area contributed by atoms with Gasteiger partial charge in [-0.05, 0) is 24.6 Å². The summed E-state index contributed by atoms with van der Waals surface area (Å²) in [7, 11) is 3.06. The van der Waals surface area contributed by atoms with E-state index in [9.17, 15) is 4.79 Å². The van der Waals surface area contributed by atoms with Crippen molar-refractivity contribution in [2.45, 2.75) is 19.6 Å². The number of carbonyl (C=O) groups is 1. The van der Waals surface area contributed by atoms with Crippen molar-refractivity contribution < 1.29 is 24.1 Å². The predicted octanol–water partition coefficient (Wildman–Crippen LogP) is 1.94. The van der Waals surface area contributed by atoms with Crippen LogP contribution in [-0.2, 0) is 16.1 Å². The predicted molar refractivity (Wildman–Crippen MR) is 66.1 cm³/mol. The first-order valence-corrected chi connectivity index (χ1v) is 5.59. The van der Waals surface area contributed by atoms with Crippen LogP contribution in [0.3, 0.4) is 0 Å². The van der Waals surface area contributed by atoms with Crippen molar-refractivity contribution in [3.05, 3.63) is 29.3 Å². The zero-order chi connectivity index (χ0) is 13.5. The molecule has 100 valence electrons. The normalized spacial score (nSPS) is 12.2. The Hall–Kier alpha value is -1.59. The van der Waals surface area contributed by atoms with Crippen LogP contribution in [0.15, 0.2) is 18.2 Å². The van der Waals surface area contributed by atoms with E-state index >= 15 is 0 Å². The molecule has 1 rings (SSSR count). The molecule has 0 aliphatic rings. The number of rotatable bonds is 7. The second-order valence-electron chi connectivity index (χ2n) is 3.92. The Morgan fingerprint density at radius 1 is 1.39 bits per heavy atom. The minimum absolute atomic E-state index is 0.0138. The fraction of sp³-hybridized carbons (Fsp3) is 0.462. The maximum Gasteiger partial charge on any atom is 0.339 e. The highest BCUT2D eigenvalue weighted by molar-refractivity contribution is 5.90. The topological polar surface area (TPSA) is 65.0 Å². The van der Waals surface area contributed by atoms with E-state index in [0.717, 1.165) is 5.56 Å². The first kappa shape index (κ1) is 14.5. The third kappa shape index (κ3) is 4.01. The lowest BCUT2D eigenvalue weighted by Gasteiger charge is -2.13. The molecule has 1 aromatic carbocycles. The molecule has 0 saturated carbocycles. The SMILES string of the molecule is COCC(C)OCc1ccc(C(=O)O)c(OC)c1. The molecule has 0 amide bonds. The Morgan fingerprint density at radius 3 is 2.67 bits per heavy atom. The smallest absolute Gasteiger partial charge is 0.339 e. The van der Waals surface area contributed by atoms with Gasteiger partial charge in [0, 0.05) is 7.11 Å². The lowest BCUT2D eigenvalue weighted by Crippen LogP contribution is -2.14. The molecule has 0 saturated heterocycles. The fourth-order valence-corrected chi connectivity index (χ4v) is 1.52. The van der Waals surface area contributed by atoms with Crippen LogP contribution >= 0.6 is 0 Å². The van der Waals surface area contributed by atoms with E-state index < -0.39 is 5.97 Å². The van der Waals surface area contributed by atoms with Crippen molar-refractivity contribution in [1.29, 1.82) is 0 Å². The van der Waals surface area contributed by atoms with Gasteiger partial charge in [0.15, 0.2) is 0 Å². The summed E-state index contributed by atoms with van der Waals surface area (Å²) >= 11 is 0. The second-order valence-corrected chi connectivity index (χ2v) is 3.92. The van der Waals surface area contributed by atoms with Crippen LogP contribution in [0.2, 0.25) is 0 Å². The molecule has 0 aliphatic heterocycles. The van der Waals surface area contributed by atoms with Gasteiger partial charge in [-0.15, -0.1) is 0 Å². The molecule has 18 heavy (non-hydrogen) atoms. The van der Waals surface area contributed by atoms with Gasteiger partial charge in [-0.1, -0.05) is 6.07 Å². The van der Waals surface area contributed by atoms with Crippen LogP contribution in [0.1, 0.15) is 22.8 Å². The highest BCUT2D eigenvalue weighted by Gasteiger charge is 2.11. The summed E-state index contributed by atoms with van der Waals surface area (Å²) in [5.41, 5.74) is 1.01. The monoisotopic (exact) mass is 254 g/mol. The third-order valence-corrected chi connectivity index (χ3v) is 2.43. The second kappa shape index (κ2) is 6.98. The minimum atomic E-state index is -1.01. The summed E-state index contributed by atoms with van der Waals surface area (Å²) < 4.78 is 15.5. The Balaban J connectivity index is 2.71. The molecule has 0 bridgehead atoms. The van der Waals surface area contributed by atoms with E-state index in [1.807, 2.05) is 6.92 Å². The van der Waals surface area contributed by atoms with E-state index in [4.69, 9.17) is 19.3 Å². The Kier molecular flexibility index (Phi) is 5.61. The van der Waals surface area contributed by atoms with Gasteiger partial charge in [0.25, 0.3) is 0 Å². The minimum Gasteiger partial charge on any atom is -0.496 e. The van der Waals surface area contributed by atoms with E-state index in [-0.39, 0.29) is 11.7 Å². The zero-order valence-corrected chi connectivity index (χ0v) is 10.8. The number of hydrogen-bond acceptors (Lipinski definition) is 4. The number of hydrogen-bond donors (Lipinski definition) is 1. The van der Waals surface area contributed by atoms with Gasteiger partial charge in [-0.25, -0.2) is 4.79 Å². The summed E-state index contributed by atoms with van der Waals surface area (Å²) in [6.07, 6.45) is -0.0138. The highest BCUT2D eigenvalue weighted by Crippen LogP contribution is 2.20. The van der Waals surface area contributed by atoms with E-state index in [0.29, 0.717) is 19.0 Å². The van der Waals surface area contributed by atoms with Crippen LogP contribution in [0.5, 0.6) is 5.75 Å². The van der Waals surface area contributed by atoms with E-state index in [1.165, 1.54) is 13.2 Å². The molecule has 5 nitrogen and oxygen atoms in total. The summed E-state index contributed by atoms with van der Waals surface area (Å²) in [5, 5.41) is 8.95. The number of benzene rings is 1. The van der Waals surface area contributed by atoms with Crippen LogP contribution in [0.25, 0.3) is 0 Å². The molecule has 0 radical (unpaired) electrons. The first-order valence-electron chi connectivity index (χ1n) is 5.59. The molecule has 1 N–H and O–H groups in total. The largest absolute Gasteiger partial charge is 0.496 e. The average Bonchev–Trinajstić information content (AvgIpc) is 2.36. The molecule has 1 atom stereocenters. The van der Waals surface area contributed by atoms with Crippen molar-refractivity contribution in [3.63, 3.8) is 0 Å². The molecular weight excluding hydrogens is 236 g/mol. The lowest BCUT2D eigenvalue weighted by atomic mass is 10.1. The third-order valence-electron chi connectivity index (χ3n) is 2.43. The number of carboxylic acid groups (broad SMARTS) is 1. The molecule has 1 unspecified atom stereocenters. The van der Waals surface area contributed by atoms with Crippen LogP contribution < -0.4 is 4.74 Å². The van der Waals surface area contributed by atoms with Crippen molar-refractivity contribution >= 4 is 5.97 Å². The fourth-order valence-electron chi connectivity index (χ4n) is 1.52. The number of ether oxygens (including phenoxy) is 3. The van der Waals surface area contributed by atoms with Gasteiger partial charge in [0.05, 0.1) is 26.4 Å². The van der Waals surface area contributed by atoms with Crippen molar-refractivity contribution in [2.24, 2.45) is 0 Å². The standard InChI is InChI=1S/C13H18O5/c1-9(7-16-2)18-8-10-4-5-11(13(14)15)12(6-10)17-3/h4-6,9H,7-8H2,1-3H3,(H,14,15). The van der Waals surface area contributed by atoms with Gasteiger partial charge in [-0.3, -0.25) is 0 Å². The van der Waals surface area contributed by atoms with Crippen LogP contribution in [0.4, 0.5) is 0 Å². The van der Waals surface area contributed by atoms with Crippen molar-refractivity contribution in [2.75, 3.05) is 20.8 Å². The van der Waals surface area contributed by atoms with Crippen molar-refractivity contribution in [1.82, 2.24) is 0 Å². The summed E-state index contributed by atoms with van der Waals surface area (Å²) in [6.45, 7) is 2.82. The zero-order valence-electron chi connectivity index (χ0n) is 10.8. The summed E-state index contributed by atoms with van der Waals surface area (Å²) in [6, 6.07) is 4.90. The van der Waals surface area contributed by atoms with Gasteiger partial charge in [-0.2, -0.15) is 0 Å². The van der Waals surface area contributed by atoms with Gasteiger partial charge >= 0.3 is 5.97 Å². The number of methoxy groups -OCH3 is 2. The molecule has 0 heterocycles. The van der Waals surface area contributed by atoms with Gasteiger partial charge < -0.3 is 19.3 Å². The molecule has 0 fully saturated rings. The molecule has 0 spiro atoms. The summed E-state index contributed by atoms with van der Waals surface area (Å²) in [5.74, 6) is -0.671. The van der Waals surface area contributed by atoms with Crippen LogP contribution in [0, 0.1) is 0 Å². The van der Waals surface area contributed by atoms with Crippen LogP contribution in [-0.4, -0.2) is 38.0 Å². The highest BCUT2D eigenvalue weighted by atomic mass is 16.5. The molecule has 5 heteroatoms. The molecule has 0 aliphatic carbocycles. The Labute approximate surface area is 106 Å².